The molecule has 0 aliphatic heterocycles. The van der Waals surface area contributed by atoms with Crippen molar-refractivity contribution in [3.63, 3.8) is 0 Å². The average Bonchev–Trinajstić information content (AvgIpc) is 3.26. The maximum atomic E-state index is 12.9. The molecule has 0 unspecified atom stereocenters. The van der Waals surface area contributed by atoms with Crippen LogP contribution in [0.25, 0.3) is 11.3 Å². The minimum Gasteiger partial charge on any atom is -0.475 e. The lowest BCUT2D eigenvalue weighted by atomic mass is 10.1. The van der Waals surface area contributed by atoms with Crippen molar-refractivity contribution in [2.45, 2.75) is 33.3 Å². The molecular formula is C27H34N6O7. The fourth-order valence-corrected chi connectivity index (χ4v) is 3.80. The van der Waals surface area contributed by atoms with Crippen molar-refractivity contribution >= 4 is 23.4 Å². The number of ether oxygens (including phenoxy) is 3. The Bertz CT molecular complexity index is 1370. The van der Waals surface area contributed by atoms with E-state index in [0.717, 1.165) is 0 Å². The standard InChI is InChI=1S/C27H34N6O7/c1-18-15-19(25(34)38-6)16-22(30-18)20-17-29-31(5)24(20)39-14-13-32(26(35)40-27(2,3)4)12-11-28-21-9-7-8-10-23(21)33(36)37/h7-10,15-17,28H,11-14H2,1-6H3. The highest BCUT2D eigenvalue weighted by Gasteiger charge is 2.23. The van der Waals surface area contributed by atoms with Crippen molar-refractivity contribution in [2.24, 2.45) is 7.05 Å². The summed E-state index contributed by atoms with van der Waals surface area (Å²) in [5, 5.41) is 18.6. The van der Waals surface area contributed by atoms with Crippen LogP contribution < -0.4 is 10.1 Å². The van der Waals surface area contributed by atoms with E-state index < -0.39 is 22.6 Å². The lowest BCUT2D eigenvalue weighted by molar-refractivity contribution is -0.384. The van der Waals surface area contributed by atoms with Crippen LogP contribution in [0, 0.1) is 17.0 Å². The second-order valence-corrected chi connectivity index (χ2v) is 9.88. The van der Waals surface area contributed by atoms with Gasteiger partial charge in [-0.1, -0.05) is 12.1 Å². The zero-order valence-corrected chi connectivity index (χ0v) is 23.5. The highest BCUT2D eigenvalue weighted by molar-refractivity contribution is 5.90. The van der Waals surface area contributed by atoms with Crippen LogP contribution in [-0.4, -0.2) is 75.6 Å². The number of nitro benzene ring substituents is 1. The van der Waals surface area contributed by atoms with E-state index in [2.05, 4.69) is 15.4 Å². The molecule has 3 rings (SSSR count). The number of para-hydroxylation sites is 2. The Balaban J connectivity index is 1.73. The number of rotatable bonds is 11. The Hall–Kier alpha value is -4.68. The van der Waals surface area contributed by atoms with E-state index in [4.69, 9.17) is 14.2 Å². The Kier molecular flexibility index (Phi) is 9.64. The van der Waals surface area contributed by atoms with Crippen LogP contribution in [0.3, 0.4) is 0 Å². The molecule has 13 heteroatoms. The number of esters is 1. The number of nitrogens with one attached hydrogen (secondary N) is 1. The summed E-state index contributed by atoms with van der Waals surface area (Å²) in [4.78, 5) is 41.8. The predicted molar refractivity (Wildman–Crippen MR) is 147 cm³/mol. The molecule has 0 fully saturated rings. The fourth-order valence-electron chi connectivity index (χ4n) is 3.80. The number of aryl methyl sites for hydroxylation is 2. The van der Waals surface area contributed by atoms with E-state index in [9.17, 15) is 19.7 Å². The van der Waals surface area contributed by atoms with Crippen LogP contribution in [-0.2, 0) is 16.5 Å². The minimum absolute atomic E-state index is 0.0569. The number of pyridine rings is 1. The maximum absolute atomic E-state index is 12.9. The molecule has 0 radical (unpaired) electrons. The molecule has 0 bridgehead atoms. The van der Waals surface area contributed by atoms with Crippen LogP contribution >= 0.6 is 0 Å². The number of benzene rings is 1. The molecule has 0 spiro atoms. The SMILES string of the molecule is COC(=O)c1cc(C)nc(-c2cnn(C)c2OCCN(CCNc2ccccc2[N+](=O)[O-])C(=O)OC(C)(C)C)c1. The van der Waals surface area contributed by atoms with Crippen LogP contribution in [0.2, 0.25) is 0 Å². The van der Waals surface area contributed by atoms with Gasteiger partial charge >= 0.3 is 12.1 Å². The molecule has 0 aliphatic rings. The number of nitrogens with zero attached hydrogens (tertiary/aromatic N) is 5. The lowest BCUT2D eigenvalue weighted by Crippen LogP contribution is -2.41. The first-order valence-electron chi connectivity index (χ1n) is 12.6. The Morgan fingerprint density at radius 1 is 1.18 bits per heavy atom. The molecule has 0 aliphatic carbocycles. The van der Waals surface area contributed by atoms with E-state index in [0.29, 0.717) is 34.1 Å². The molecular weight excluding hydrogens is 520 g/mol. The Labute approximate surface area is 232 Å². The number of aromatic nitrogens is 3. The van der Waals surface area contributed by atoms with Crippen molar-refractivity contribution < 1.29 is 28.7 Å². The molecule has 13 nitrogen and oxygen atoms in total. The normalized spacial score (nSPS) is 11.1. The van der Waals surface area contributed by atoms with E-state index in [1.165, 1.54) is 22.8 Å². The number of hydrogen-bond donors (Lipinski definition) is 1. The average molecular weight is 555 g/mol. The highest BCUT2D eigenvalue weighted by Crippen LogP contribution is 2.29. The zero-order valence-electron chi connectivity index (χ0n) is 23.5. The second kappa shape index (κ2) is 12.9. The number of anilines is 1. The third-order valence-corrected chi connectivity index (χ3v) is 5.58. The maximum Gasteiger partial charge on any atom is 0.410 e. The van der Waals surface area contributed by atoms with Crippen LogP contribution in [0.5, 0.6) is 5.88 Å². The van der Waals surface area contributed by atoms with Gasteiger partial charge in [0.15, 0.2) is 0 Å². The van der Waals surface area contributed by atoms with E-state index in [-0.39, 0.29) is 31.9 Å². The van der Waals surface area contributed by atoms with Gasteiger partial charge < -0.3 is 24.4 Å². The summed E-state index contributed by atoms with van der Waals surface area (Å²) in [6.07, 6.45) is 1.04. The largest absolute Gasteiger partial charge is 0.475 e. The van der Waals surface area contributed by atoms with Gasteiger partial charge in [-0.15, -0.1) is 0 Å². The Morgan fingerprint density at radius 2 is 1.90 bits per heavy atom. The van der Waals surface area contributed by atoms with Crippen molar-refractivity contribution in [2.75, 3.05) is 38.7 Å². The summed E-state index contributed by atoms with van der Waals surface area (Å²) in [7, 11) is 3.02. The molecule has 1 aromatic carbocycles. The first-order valence-corrected chi connectivity index (χ1v) is 12.6. The number of hydrogen-bond acceptors (Lipinski definition) is 10. The van der Waals surface area contributed by atoms with Crippen molar-refractivity contribution in [3.05, 3.63) is 64.0 Å². The van der Waals surface area contributed by atoms with Gasteiger partial charge in [0.1, 0.15) is 17.9 Å². The number of amides is 1. The van der Waals surface area contributed by atoms with Crippen molar-refractivity contribution in [1.82, 2.24) is 19.7 Å². The number of nitro groups is 1. The molecule has 1 amide bonds. The van der Waals surface area contributed by atoms with Crippen LogP contribution in [0.4, 0.5) is 16.2 Å². The molecule has 40 heavy (non-hydrogen) atoms. The molecule has 0 saturated heterocycles. The van der Waals surface area contributed by atoms with Gasteiger partial charge in [0.05, 0.1) is 41.6 Å². The van der Waals surface area contributed by atoms with Gasteiger partial charge in [0.25, 0.3) is 5.69 Å². The van der Waals surface area contributed by atoms with Crippen molar-refractivity contribution in [3.8, 4) is 17.1 Å². The molecule has 0 atom stereocenters. The lowest BCUT2D eigenvalue weighted by Gasteiger charge is -2.27. The van der Waals surface area contributed by atoms with Gasteiger partial charge in [0, 0.05) is 31.9 Å². The van der Waals surface area contributed by atoms with Gasteiger partial charge in [0.2, 0.25) is 5.88 Å². The fraction of sp³-hybridized carbons (Fsp3) is 0.407. The van der Waals surface area contributed by atoms with E-state index in [1.807, 2.05) is 0 Å². The molecule has 1 N–H and O–H groups in total. The summed E-state index contributed by atoms with van der Waals surface area (Å²) in [5.41, 5.74) is 1.60. The third kappa shape index (κ3) is 7.91. The second-order valence-electron chi connectivity index (χ2n) is 9.88. The minimum atomic E-state index is -0.717. The number of carbonyl (C=O) groups excluding carboxylic acids is 2. The monoisotopic (exact) mass is 554 g/mol. The van der Waals surface area contributed by atoms with Crippen molar-refractivity contribution in [1.29, 1.82) is 0 Å². The number of methoxy groups -OCH3 is 1. The third-order valence-electron chi connectivity index (χ3n) is 5.58. The summed E-state index contributed by atoms with van der Waals surface area (Å²) in [5.74, 6) is -0.0864. The van der Waals surface area contributed by atoms with Gasteiger partial charge in [-0.05, 0) is 45.9 Å². The van der Waals surface area contributed by atoms with E-state index in [1.54, 1.807) is 71.3 Å². The molecule has 3 aromatic rings. The quantitative estimate of drug-likeness (QED) is 0.207. The topological polar surface area (TPSA) is 151 Å². The molecule has 0 saturated carbocycles. The summed E-state index contributed by atoms with van der Waals surface area (Å²) < 4.78 is 18.0. The summed E-state index contributed by atoms with van der Waals surface area (Å²) >= 11 is 0. The Morgan fingerprint density at radius 3 is 2.58 bits per heavy atom. The van der Waals surface area contributed by atoms with E-state index >= 15 is 0 Å². The van der Waals surface area contributed by atoms with Gasteiger partial charge in [-0.2, -0.15) is 5.10 Å². The molecule has 2 heterocycles. The highest BCUT2D eigenvalue weighted by atomic mass is 16.6. The summed E-state index contributed by atoms with van der Waals surface area (Å²) in [6, 6.07) is 9.52. The first kappa shape index (κ1) is 29.9. The van der Waals surface area contributed by atoms with Gasteiger partial charge in [-0.25, -0.2) is 14.3 Å². The first-order chi connectivity index (χ1) is 18.9. The molecule has 2 aromatic heterocycles. The van der Waals surface area contributed by atoms with Crippen LogP contribution in [0.1, 0.15) is 36.8 Å². The predicted octanol–water partition coefficient (Wildman–Crippen LogP) is 4.21. The zero-order chi connectivity index (χ0) is 29.4. The summed E-state index contributed by atoms with van der Waals surface area (Å²) in [6.45, 7) is 7.76. The molecule has 214 valence electrons. The smallest absolute Gasteiger partial charge is 0.410 e. The van der Waals surface area contributed by atoms with Crippen LogP contribution in [0.15, 0.2) is 42.6 Å². The van der Waals surface area contributed by atoms with Gasteiger partial charge in [-0.3, -0.25) is 15.1 Å². The number of carbonyl (C=O) groups is 2.